The summed E-state index contributed by atoms with van der Waals surface area (Å²) in [4.78, 5) is 61.5. The van der Waals surface area contributed by atoms with Gasteiger partial charge in [0.05, 0.1) is 18.6 Å². The molecule has 0 saturated carbocycles. The Hall–Kier alpha value is -2.38. The summed E-state index contributed by atoms with van der Waals surface area (Å²) in [7, 11) is 0. The van der Waals surface area contributed by atoms with Crippen molar-refractivity contribution in [1.82, 2.24) is 15.5 Å². The van der Waals surface area contributed by atoms with E-state index >= 15 is 0 Å². The highest BCUT2D eigenvalue weighted by atomic mass is 32.2. The standard InChI is InChI=1S/C18H31N5O7S/c1-9(24)14(18(29)30)22-15(26)11(5-7-31-2)21-16(27)12-4-3-6-23(12)17(28)10(19)8-13(20)25/h9-12,14,24H,3-8,19H2,1-2H3,(H2,20,25)(H,21,27)(H,22,26)(H,29,30). The Morgan fingerprint density at radius 2 is 1.87 bits per heavy atom. The molecular formula is C18H31N5O7S. The van der Waals surface area contributed by atoms with Gasteiger partial charge >= 0.3 is 5.97 Å². The maximum absolute atomic E-state index is 12.8. The Kier molecular flexibility index (Phi) is 10.7. The van der Waals surface area contributed by atoms with Gasteiger partial charge in [0.1, 0.15) is 12.1 Å². The van der Waals surface area contributed by atoms with Crippen LogP contribution in [0, 0.1) is 0 Å². The Morgan fingerprint density at radius 1 is 1.23 bits per heavy atom. The third-order valence-electron chi connectivity index (χ3n) is 4.87. The SMILES string of the molecule is CSCCC(NC(=O)C1CCCN1C(=O)C(N)CC(N)=O)C(=O)NC(C(=O)O)C(C)O. The topological polar surface area (TPSA) is 205 Å². The van der Waals surface area contributed by atoms with E-state index in [-0.39, 0.29) is 19.4 Å². The predicted molar refractivity (Wildman–Crippen MR) is 113 cm³/mol. The van der Waals surface area contributed by atoms with Gasteiger partial charge in [-0.05, 0) is 38.2 Å². The number of carbonyl (C=O) groups excluding carboxylic acids is 4. The van der Waals surface area contributed by atoms with Crippen molar-refractivity contribution in [3.05, 3.63) is 0 Å². The van der Waals surface area contributed by atoms with E-state index in [1.54, 1.807) is 0 Å². The zero-order valence-electron chi connectivity index (χ0n) is 17.6. The molecule has 0 aromatic carbocycles. The van der Waals surface area contributed by atoms with Crippen LogP contribution in [0.15, 0.2) is 0 Å². The summed E-state index contributed by atoms with van der Waals surface area (Å²) in [6.45, 7) is 1.50. The first-order chi connectivity index (χ1) is 14.5. The maximum atomic E-state index is 12.8. The second kappa shape index (κ2) is 12.5. The summed E-state index contributed by atoms with van der Waals surface area (Å²) < 4.78 is 0. The van der Waals surface area contributed by atoms with Crippen LogP contribution in [0.25, 0.3) is 0 Å². The van der Waals surface area contributed by atoms with Gasteiger partial charge in [0, 0.05) is 6.54 Å². The Morgan fingerprint density at radius 3 is 2.39 bits per heavy atom. The van der Waals surface area contributed by atoms with E-state index < -0.39 is 59.9 Å². The van der Waals surface area contributed by atoms with Crippen molar-refractivity contribution in [3.63, 3.8) is 0 Å². The number of aliphatic hydroxyl groups is 1. The summed E-state index contributed by atoms with van der Waals surface area (Å²) in [5, 5.41) is 23.5. The fraction of sp³-hybridized carbons (Fsp3) is 0.722. The average molecular weight is 462 g/mol. The van der Waals surface area contributed by atoms with Crippen LogP contribution in [0.4, 0.5) is 0 Å². The van der Waals surface area contributed by atoms with Crippen molar-refractivity contribution >= 4 is 41.4 Å². The first-order valence-electron chi connectivity index (χ1n) is 9.84. The van der Waals surface area contributed by atoms with Gasteiger partial charge in [0.25, 0.3) is 0 Å². The highest BCUT2D eigenvalue weighted by Gasteiger charge is 2.38. The molecular weight excluding hydrogens is 430 g/mol. The molecule has 0 aliphatic carbocycles. The number of carbonyl (C=O) groups is 5. The third kappa shape index (κ3) is 7.99. The number of amides is 4. The number of aliphatic carboxylic acids is 1. The molecule has 13 heteroatoms. The smallest absolute Gasteiger partial charge is 0.328 e. The molecule has 1 heterocycles. The highest BCUT2D eigenvalue weighted by Crippen LogP contribution is 2.19. The lowest BCUT2D eigenvalue weighted by molar-refractivity contribution is -0.145. The molecule has 1 aliphatic rings. The van der Waals surface area contributed by atoms with Crippen molar-refractivity contribution in [3.8, 4) is 0 Å². The lowest BCUT2D eigenvalue weighted by Crippen LogP contribution is -2.58. The fourth-order valence-electron chi connectivity index (χ4n) is 3.24. The summed E-state index contributed by atoms with van der Waals surface area (Å²) in [5.74, 6) is -3.56. The van der Waals surface area contributed by atoms with E-state index in [1.165, 1.54) is 23.6 Å². The Labute approximate surface area is 184 Å². The van der Waals surface area contributed by atoms with Crippen LogP contribution in [-0.2, 0) is 24.0 Å². The number of hydrogen-bond donors (Lipinski definition) is 6. The number of nitrogens with two attached hydrogens (primary N) is 2. The minimum atomic E-state index is -1.53. The van der Waals surface area contributed by atoms with Gasteiger partial charge in [-0.25, -0.2) is 4.79 Å². The number of hydrogen-bond acceptors (Lipinski definition) is 8. The molecule has 176 valence electrons. The van der Waals surface area contributed by atoms with Crippen LogP contribution in [0.3, 0.4) is 0 Å². The zero-order chi connectivity index (χ0) is 23.7. The molecule has 0 bridgehead atoms. The second-order valence-corrected chi connectivity index (χ2v) is 8.36. The molecule has 5 unspecified atom stereocenters. The number of aliphatic hydroxyl groups excluding tert-OH is 1. The van der Waals surface area contributed by atoms with E-state index in [1.807, 2.05) is 6.26 Å². The molecule has 0 aromatic rings. The number of likely N-dealkylation sites (tertiary alicyclic amines) is 1. The van der Waals surface area contributed by atoms with Crippen molar-refractivity contribution in [2.45, 2.75) is 62.9 Å². The van der Waals surface area contributed by atoms with Crippen molar-refractivity contribution in [2.75, 3.05) is 18.6 Å². The van der Waals surface area contributed by atoms with E-state index in [2.05, 4.69) is 10.6 Å². The Balaban J connectivity index is 2.90. The largest absolute Gasteiger partial charge is 0.480 e. The number of rotatable bonds is 12. The number of thioether (sulfide) groups is 1. The van der Waals surface area contributed by atoms with E-state index in [0.29, 0.717) is 18.6 Å². The molecule has 0 aromatic heterocycles. The number of primary amides is 1. The molecule has 1 aliphatic heterocycles. The summed E-state index contributed by atoms with van der Waals surface area (Å²) in [5.41, 5.74) is 10.8. The molecule has 12 nitrogen and oxygen atoms in total. The fourth-order valence-corrected chi connectivity index (χ4v) is 3.71. The molecule has 0 radical (unpaired) electrons. The van der Waals surface area contributed by atoms with Crippen LogP contribution in [0.1, 0.15) is 32.6 Å². The molecule has 1 saturated heterocycles. The normalized spacial score (nSPS) is 19.7. The van der Waals surface area contributed by atoms with Gasteiger partial charge in [-0.3, -0.25) is 19.2 Å². The molecule has 4 amide bonds. The lowest BCUT2D eigenvalue weighted by atomic mass is 10.1. The van der Waals surface area contributed by atoms with Gasteiger partial charge in [-0.1, -0.05) is 0 Å². The van der Waals surface area contributed by atoms with Crippen LogP contribution >= 0.6 is 11.8 Å². The quantitative estimate of drug-likeness (QED) is 0.179. The minimum Gasteiger partial charge on any atom is -0.480 e. The van der Waals surface area contributed by atoms with Gasteiger partial charge in [0.15, 0.2) is 6.04 Å². The van der Waals surface area contributed by atoms with Crippen LogP contribution in [0.5, 0.6) is 0 Å². The van der Waals surface area contributed by atoms with Crippen LogP contribution in [-0.4, -0.2) is 93.5 Å². The predicted octanol–water partition coefficient (Wildman–Crippen LogP) is -2.63. The van der Waals surface area contributed by atoms with E-state index in [4.69, 9.17) is 16.6 Å². The molecule has 31 heavy (non-hydrogen) atoms. The Bertz CT molecular complexity index is 690. The number of carboxylic acids is 1. The monoisotopic (exact) mass is 461 g/mol. The van der Waals surface area contributed by atoms with Crippen molar-refractivity contribution < 1.29 is 34.2 Å². The molecule has 8 N–H and O–H groups in total. The van der Waals surface area contributed by atoms with Gasteiger partial charge in [-0.15, -0.1) is 0 Å². The summed E-state index contributed by atoms with van der Waals surface area (Å²) >= 11 is 1.43. The average Bonchev–Trinajstić information content (AvgIpc) is 3.17. The first kappa shape index (κ1) is 26.7. The third-order valence-corrected chi connectivity index (χ3v) is 5.51. The maximum Gasteiger partial charge on any atom is 0.328 e. The second-order valence-electron chi connectivity index (χ2n) is 7.37. The van der Waals surface area contributed by atoms with E-state index in [9.17, 15) is 29.1 Å². The molecule has 1 rings (SSSR count). The van der Waals surface area contributed by atoms with Crippen LogP contribution in [0.2, 0.25) is 0 Å². The first-order valence-corrected chi connectivity index (χ1v) is 11.2. The van der Waals surface area contributed by atoms with Crippen LogP contribution < -0.4 is 22.1 Å². The molecule has 1 fully saturated rings. The summed E-state index contributed by atoms with van der Waals surface area (Å²) in [6.07, 6.45) is 1.23. The molecule has 0 spiro atoms. The van der Waals surface area contributed by atoms with Gasteiger partial charge < -0.3 is 37.2 Å². The van der Waals surface area contributed by atoms with Gasteiger partial charge in [0.2, 0.25) is 23.6 Å². The van der Waals surface area contributed by atoms with E-state index in [0.717, 1.165) is 0 Å². The zero-order valence-corrected chi connectivity index (χ0v) is 18.4. The number of carboxylic acid groups (broad SMARTS) is 1. The van der Waals surface area contributed by atoms with Crippen molar-refractivity contribution in [2.24, 2.45) is 11.5 Å². The number of nitrogens with one attached hydrogen (secondary N) is 2. The minimum absolute atomic E-state index is 0.215. The van der Waals surface area contributed by atoms with Gasteiger partial charge in [-0.2, -0.15) is 11.8 Å². The molecule has 5 atom stereocenters. The highest BCUT2D eigenvalue weighted by molar-refractivity contribution is 7.98. The summed E-state index contributed by atoms with van der Waals surface area (Å²) in [6, 6.07) is -4.62. The lowest BCUT2D eigenvalue weighted by Gasteiger charge is -2.28. The number of nitrogens with zero attached hydrogens (tertiary/aromatic N) is 1. The van der Waals surface area contributed by atoms with Crippen molar-refractivity contribution in [1.29, 1.82) is 0 Å².